The summed E-state index contributed by atoms with van der Waals surface area (Å²) >= 11 is 3.56. The SMILES string of the molecule is CCc1nn(CC)c(CC(O)c2cn[nH]c2N)c1Br. The summed E-state index contributed by atoms with van der Waals surface area (Å²) in [6.07, 6.45) is 2.17. The molecule has 104 valence electrons. The van der Waals surface area contributed by atoms with Crippen LogP contribution in [0.15, 0.2) is 10.7 Å². The van der Waals surface area contributed by atoms with Gasteiger partial charge in [-0.1, -0.05) is 6.92 Å². The van der Waals surface area contributed by atoms with E-state index in [1.807, 2.05) is 11.6 Å². The minimum Gasteiger partial charge on any atom is -0.388 e. The summed E-state index contributed by atoms with van der Waals surface area (Å²) in [6, 6.07) is 0. The van der Waals surface area contributed by atoms with Crippen molar-refractivity contribution in [3.05, 3.63) is 27.6 Å². The van der Waals surface area contributed by atoms with Crippen LogP contribution < -0.4 is 5.73 Å². The predicted octanol–water partition coefficient (Wildman–Crippen LogP) is 1.81. The summed E-state index contributed by atoms with van der Waals surface area (Å²) in [5.74, 6) is 0.405. The van der Waals surface area contributed by atoms with Crippen LogP contribution in [-0.4, -0.2) is 25.1 Å². The molecule has 19 heavy (non-hydrogen) atoms. The molecule has 0 saturated carbocycles. The van der Waals surface area contributed by atoms with Gasteiger partial charge < -0.3 is 10.8 Å². The summed E-state index contributed by atoms with van der Waals surface area (Å²) < 4.78 is 2.88. The Morgan fingerprint density at radius 2 is 2.26 bits per heavy atom. The van der Waals surface area contributed by atoms with E-state index >= 15 is 0 Å². The Bertz CT molecular complexity index is 562. The minimum absolute atomic E-state index is 0.405. The van der Waals surface area contributed by atoms with Gasteiger partial charge in [0.15, 0.2) is 0 Å². The molecule has 0 aliphatic carbocycles. The van der Waals surface area contributed by atoms with Crippen LogP contribution in [0.3, 0.4) is 0 Å². The zero-order valence-corrected chi connectivity index (χ0v) is 12.6. The van der Waals surface area contributed by atoms with E-state index in [1.165, 1.54) is 0 Å². The molecular formula is C12H18BrN5O. The topological polar surface area (TPSA) is 92.7 Å². The molecule has 0 amide bonds. The number of nitrogen functional groups attached to an aromatic ring is 1. The van der Waals surface area contributed by atoms with Crippen molar-refractivity contribution < 1.29 is 5.11 Å². The molecular weight excluding hydrogens is 310 g/mol. The van der Waals surface area contributed by atoms with Crippen LogP contribution in [-0.2, 0) is 19.4 Å². The van der Waals surface area contributed by atoms with Gasteiger partial charge in [0.05, 0.1) is 28.2 Å². The van der Waals surface area contributed by atoms with Crippen LogP contribution in [0.1, 0.15) is 36.9 Å². The highest BCUT2D eigenvalue weighted by Gasteiger charge is 2.20. The Morgan fingerprint density at radius 1 is 1.53 bits per heavy atom. The smallest absolute Gasteiger partial charge is 0.124 e. The number of aliphatic hydroxyl groups is 1. The number of H-pyrrole nitrogens is 1. The Balaban J connectivity index is 2.28. The minimum atomic E-state index is -0.693. The highest BCUT2D eigenvalue weighted by Crippen LogP contribution is 2.28. The summed E-state index contributed by atoms with van der Waals surface area (Å²) in [4.78, 5) is 0. The van der Waals surface area contributed by atoms with Crippen molar-refractivity contribution in [1.82, 2.24) is 20.0 Å². The molecule has 2 aromatic rings. The molecule has 0 aromatic carbocycles. The lowest BCUT2D eigenvalue weighted by atomic mass is 10.1. The second-order valence-corrected chi connectivity index (χ2v) is 5.13. The lowest BCUT2D eigenvalue weighted by Crippen LogP contribution is -2.09. The van der Waals surface area contributed by atoms with E-state index in [2.05, 4.69) is 38.1 Å². The first kappa shape index (κ1) is 14.1. The van der Waals surface area contributed by atoms with Crippen molar-refractivity contribution in [2.45, 2.75) is 39.3 Å². The van der Waals surface area contributed by atoms with E-state index in [0.29, 0.717) is 17.8 Å². The molecule has 6 nitrogen and oxygen atoms in total. The van der Waals surface area contributed by atoms with Crippen molar-refractivity contribution in [2.75, 3.05) is 5.73 Å². The van der Waals surface area contributed by atoms with E-state index in [9.17, 15) is 5.11 Å². The number of aliphatic hydroxyl groups excluding tert-OH is 1. The summed E-state index contributed by atoms with van der Waals surface area (Å²) in [5, 5.41) is 21.2. The van der Waals surface area contributed by atoms with E-state index in [4.69, 9.17) is 5.73 Å². The van der Waals surface area contributed by atoms with Gasteiger partial charge in [0.25, 0.3) is 0 Å². The largest absolute Gasteiger partial charge is 0.388 e. The Kier molecular flexibility index (Phi) is 4.26. The first-order chi connectivity index (χ1) is 9.08. The van der Waals surface area contributed by atoms with E-state index in [-0.39, 0.29) is 0 Å². The molecule has 0 radical (unpaired) electrons. The van der Waals surface area contributed by atoms with Gasteiger partial charge in [-0.25, -0.2) is 0 Å². The van der Waals surface area contributed by atoms with Crippen molar-refractivity contribution in [2.24, 2.45) is 0 Å². The van der Waals surface area contributed by atoms with Crippen LogP contribution in [0.4, 0.5) is 5.82 Å². The van der Waals surface area contributed by atoms with Crippen LogP contribution in [0.25, 0.3) is 0 Å². The van der Waals surface area contributed by atoms with Gasteiger partial charge in [-0.15, -0.1) is 0 Å². The normalized spacial score (nSPS) is 12.8. The fourth-order valence-corrected chi connectivity index (χ4v) is 2.80. The number of aromatic nitrogens is 4. The molecule has 2 heterocycles. The third-order valence-corrected chi connectivity index (χ3v) is 4.05. The molecule has 7 heteroatoms. The zero-order valence-electron chi connectivity index (χ0n) is 11.0. The zero-order chi connectivity index (χ0) is 14.0. The molecule has 1 atom stereocenters. The Morgan fingerprint density at radius 3 is 2.79 bits per heavy atom. The van der Waals surface area contributed by atoms with Gasteiger partial charge in [0, 0.05) is 18.5 Å². The van der Waals surface area contributed by atoms with Gasteiger partial charge in [-0.3, -0.25) is 9.78 Å². The van der Waals surface area contributed by atoms with Gasteiger partial charge in [-0.05, 0) is 29.3 Å². The third kappa shape index (κ3) is 2.66. The molecule has 0 spiro atoms. The number of nitrogens with zero attached hydrogens (tertiary/aromatic N) is 3. The number of aryl methyl sites for hydroxylation is 2. The fourth-order valence-electron chi connectivity index (χ4n) is 2.08. The average molecular weight is 328 g/mol. The molecule has 4 N–H and O–H groups in total. The highest BCUT2D eigenvalue weighted by molar-refractivity contribution is 9.10. The fraction of sp³-hybridized carbons (Fsp3) is 0.500. The Labute approximate surface area is 120 Å². The average Bonchev–Trinajstić information content (AvgIpc) is 2.95. The number of halogens is 1. The first-order valence-corrected chi connectivity index (χ1v) is 7.08. The first-order valence-electron chi connectivity index (χ1n) is 6.29. The second kappa shape index (κ2) is 5.75. The van der Waals surface area contributed by atoms with Crippen LogP contribution in [0.5, 0.6) is 0 Å². The Hall–Kier alpha value is -1.34. The number of hydrogen-bond donors (Lipinski definition) is 3. The molecule has 0 bridgehead atoms. The predicted molar refractivity (Wildman–Crippen MR) is 76.6 cm³/mol. The second-order valence-electron chi connectivity index (χ2n) is 4.34. The number of nitrogens with one attached hydrogen (secondary N) is 1. The summed E-state index contributed by atoms with van der Waals surface area (Å²) in [5.41, 5.74) is 8.33. The number of hydrogen-bond acceptors (Lipinski definition) is 4. The molecule has 0 aliphatic rings. The van der Waals surface area contributed by atoms with E-state index in [1.54, 1.807) is 6.20 Å². The van der Waals surface area contributed by atoms with Gasteiger partial charge in [0.1, 0.15) is 5.82 Å². The maximum absolute atomic E-state index is 10.3. The number of anilines is 1. The van der Waals surface area contributed by atoms with Crippen molar-refractivity contribution in [1.29, 1.82) is 0 Å². The quantitative estimate of drug-likeness (QED) is 0.780. The molecule has 0 fully saturated rings. The molecule has 0 saturated heterocycles. The van der Waals surface area contributed by atoms with Crippen LogP contribution in [0, 0.1) is 0 Å². The van der Waals surface area contributed by atoms with Crippen LogP contribution >= 0.6 is 15.9 Å². The molecule has 1 unspecified atom stereocenters. The number of aromatic amines is 1. The van der Waals surface area contributed by atoms with Crippen molar-refractivity contribution >= 4 is 21.7 Å². The lowest BCUT2D eigenvalue weighted by Gasteiger charge is -2.11. The number of rotatable bonds is 5. The molecule has 2 rings (SSSR count). The highest BCUT2D eigenvalue weighted by atomic mass is 79.9. The number of nitrogens with two attached hydrogens (primary N) is 1. The van der Waals surface area contributed by atoms with Gasteiger partial charge >= 0.3 is 0 Å². The van der Waals surface area contributed by atoms with Gasteiger partial charge in [-0.2, -0.15) is 10.2 Å². The monoisotopic (exact) mass is 327 g/mol. The maximum Gasteiger partial charge on any atom is 0.124 e. The maximum atomic E-state index is 10.3. The third-order valence-electron chi connectivity index (χ3n) is 3.14. The van der Waals surface area contributed by atoms with Crippen LogP contribution in [0.2, 0.25) is 0 Å². The van der Waals surface area contributed by atoms with Crippen molar-refractivity contribution in [3.63, 3.8) is 0 Å². The van der Waals surface area contributed by atoms with E-state index in [0.717, 1.165) is 28.8 Å². The molecule has 0 aliphatic heterocycles. The standard InChI is InChI=1S/C12H18BrN5O/c1-3-8-11(13)9(18(4-2)17-8)5-10(19)7-6-15-16-12(7)14/h6,10,19H,3-5H2,1-2H3,(H3,14,15,16). The van der Waals surface area contributed by atoms with E-state index < -0.39 is 6.10 Å². The van der Waals surface area contributed by atoms with Crippen molar-refractivity contribution in [3.8, 4) is 0 Å². The molecule has 2 aromatic heterocycles. The van der Waals surface area contributed by atoms with Gasteiger partial charge in [0.2, 0.25) is 0 Å². The summed E-state index contributed by atoms with van der Waals surface area (Å²) in [7, 11) is 0. The lowest BCUT2D eigenvalue weighted by molar-refractivity contribution is 0.176. The summed E-state index contributed by atoms with van der Waals surface area (Å²) in [6.45, 7) is 4.85.